The van der Waals surface area contributed by atoms with Crippen LogP contribution in [0, 0.1) is 11.3 Å². The van der Waals surface area contributed by atoms with Crippen molar-refractivity contribution < 1.29 is 9.53 Å². The van der Waals surface area contributed by atoms with Crippen molar-refractivity contribution in [3.63, 3.8) is 0 Å². The molecule has 0 N–H and O–H groups in total. The summed E-state index contributed by atoms with van der Waals surface area (Å²) in [5.74, 6) is 0.158. The summed E-state index contributed by atoms with van der Waals surface area (Å²) in [6.07, 6.45) is 2.99. The van der Waals surface area contributed by atoms with Gasteiger partial charge in [0.15, 0.2) is 0 Å². The topological polar surface area (TPSA) is 82.4 Å². The van der Waals surface area contributed by atoms with Crippen LogP contribution in [0.3, 0.4) is 0 Å². The smallest absolute Gasteiger partial charge is 0.410 e. The molecule has 112 valence electrons. The number of aromatic nitrogens is 2. The number of anilines is 1. The first-order valence-electron chi connectivity index (χ1n) is 6.84. The second-order valence-electron chi connectivity index (χ2n) is 5.83. The number of nitrogens with zero attached hydrogens (tertiary/aromatic N) is 5. The number of ether oxygens (including phenoxy) is 1. The number of rotatable bonds is 1. The van der Waals surface area contributed by atoms with E-state index in [0.717, 1.165) is 5.69 Å². The quantitative estimate of drug-likeness (QED) is 0.777. The Morgan fingerprint density at radius 1 is 1.24 bits per heavy atom. The Morgan fingerprint density at radius 3 is 2.29 bits per heavy atom. The van der Waals surface area contributed by atoms with Crippen LogP contribution in [0.25, 0.3) is 0 Å². The Labute approximate surface area is 124 Å². The lowest BCUT2D eigenvalue weighted by Crippen LogP contribution is -2.50. The van der Waals surface area contributed by atoms with Crippen molar-refractivity contribution in [2.45, 2.75) is 26.4 Å². The molecular weight excluding hydrogens is 270 g/mol. The molecule has 0 atom stereocenters. The highest BCUT2D eigenvalue weighted by molar-refractivity contribution is 5.68. The van der Waals surface area contributed by atoms with Gasteiger partial charge in [-0.2, -0.15) is 5.26 Å². The minimum atomic E-state index is -0.477. The zero-order chi connectivity index (χ0) is 15.5. The van der Waals surface area contributed by atoms with Crippen molar-refractivity contribution in [3.8, 4) is 6.07 Å². The second-order valence-corrected chi connectivity index (χ2v) is 5.83. The van der Waals surface area contributed by atoms with Crippen LogP contribution < -0.4 is 4.90 Å². The van der Waals surface area contributed by atoms with E-state index in [4.69, 9.17) is 10.00 Å². The molecular formula is C14H19N5O2. The molecule has 0 aliphatic carbocycles. The first-order valence-corrected chi connectivity index (χ1v) is 6.84. The molecule has 7 nitrogen and oxygen atoms in total. The fraction of sp³-hybridized carbons (Fsp3) is 0.571. The van der Waals surface area contributed by atoms with Crippen LogP contribution in [0.1, 0.15) is 26.6 Å². The van der Waals surface area contributed by atoms with E-state index in [-0.39, 0.29) is 11.9 Å². The zero-order valence-electron chi connectivity index (χ0n) is 12.5. The number of hydrogen-bond donors (Lipinski definition) is 0. The SMILES string of the molecule is CC(C)(C)OC(=O)N1CCN(c2cnc(C#N)nc2)CC1. The van der Waals surface area contributed by atoms with Crippen molar-refractivity contribution in [3.05, 3.63) is 18.2 Å². The number of carbonyl (C=O) groups excluding carboxylic acids is 1. The summed E-state index contributed by atoms with van der Waals surface area (Å²) >= 11 is 0. The first kappa shape index (κ1) is 15.0. The van der Waals surface area contributed by atoms with E-state index in [2.05, 4.69) is 14.9 Å². The van der Waals surface area contributed by atoms with Crippen LogP contribution in [0.2, 0.25) is 0 Å². The maximum absolute atomic E-state index is 12.0. The molecule has 21 heavy (non-hydrogen) atoms. The normalized spacial score (nSPS) is 15.5. The fourth-order valence-electron chi connectivity index (χ4n) is 2.02. The summed E-state index contributed by atoms with van der Waals surface area (Å²) < 4.78 is 5.36. The Bertz CT molecular complexity index is 536. The largest absolute Gasteiger partial charge is 0.444 e. The van der Waals surface area contributed by atoms with E-state index in [1.165, 1.54) is 0 Å². The van der Waals surface area contributed by atoms with Crippen molar-refractivity contribution >= 4 is 11.8 Å². The predicted octanol–water partition coefficient (Wildman–Crippen LogP) is 1.41. The molecule has 0 saturated carbocycles. The van der Waals surface area contributed by atoms with E-state index < -0.39 is 5.60 Å². The number of nitriles is 1. The maximum Gasteiger partial charge on any atom is 0.410 e. The van der Waals surface area contributed by atoms with Gasteiger partial charge >= 0.3 is 6.09 Å². The van der Waals surface area contributed by atoms with Gasteiger partial charge in [0, 0.05) is 26.2 Å². The summed E-state index contributed by atoms with van der Waals surface area (Å²) in [6, 6.07) is 1.89. The molecule has 1 saturated heterocycles. The van der Waals surface area contributed by atoms with Gasteiger partial charge in [0.05, 0.1) is 18.1 Å². The summed E-state index contributed by atoms with van der Waals surface area (Å²) in [6.45, 7) is 8.13. The van der Waals surface area contributed by atoms with Gasteiger partial charge in [0.25, 0.3) is 0 Å². The van der Waals surface area contributed by atoms with Crippen molar-refractivity contribution in [1.29, 1.82) is 5.26 Å². The average Bonchev–Trinajstić information content (AvgIpc) is 2.46. The highest BCUT2D eigenvalue weighted by Crippen LogP contribution is 2.16. The van der Waals surface area contributed by atoms with E-state index in [0.29, 0.717) is 26.2 Å². The third-order valence-corrected chi connectivity index (χ3v) is 3.03. The van der Waals surface area contributed by atoms with Crippen LogP contribution in [0.4, 0.5) is 10.5 Å². The van der Waals surface area contributed by atoms with E-state index >= 15 is 0 Å². The fourth-order valence-corrected chi connectivity index (χ4v) is 2.02. The Kier molecular flexibility index (Phi) is 4.26. The average molecular weight is 289 g/mol. The lowest BCUT2D eigenvalue weighted by atomic mass is 10.2. The number of carbonyl (C=O) groups is 1. The third-order valence-electron chi connectivity index (χ3n) is 3.03. The maximum atomic E-state index is 12.0. The van der Waals surface area contributed by atoms with E-state index in [9.17, 15) is 4.79 Å². The molecule has 2 rings (SSSR count). The van der Waals surface area contributed by atoms with Gasteiger partial charge in [-0.05, 0) is 20.8 Å². The van der Waals surface area contributed by atoms with Crippen LogP contribution in [0.15, 0.2) is 12.4 Å². The highest BCUT2D eigenvalue weighted by Gasteiger charge is 2.26. The Morgan fingerprint density at radius 2 is 1.81 bits per heavy atom. The molecule has 1 aliphatic heterocycles. The summed E-state index contributed by atoms with van der Waals surface area (Å²) in [4.78, 5) is 23.7. The van der Waals surface area contributed by atoms with Crippen LogP contribution >= 0.6 is 0 Å². The molecule has 1 aliphatic rings. The zero-order valence-corrected chi connectivity index (χ0v) is 12.5. The molecule has 0 radical (unpaired) electrons. The van der Waals surface area contributed by atoms with Gasteiger partial charge in [-0.25, -0.2) is 14.8 Å². The van der Waals surface area contributed by atoms with Crippen molar-refractivity contribution in [2.24, 2.45) is 0 Å². The molecule has 0 aromatic carbocycles. The van der Waals surface area contributed by atoms with Gasteiger partial charge in [-0.3, -0.25) is 0 Å². The van der Waals surface area contributed by atoms with E-state index in [1.54, 1.807) is 17.3 Å². The molecule has 7 heteroatoms. The number of amides is 1. The van der Waals surface area contributed by atoms with Gasteiger partial charge in [0.2, 0.25) is 5.82 Å². The molecule has 1 fully saturated rings. The molecule has 0 unspecified atom stereocenters. The van der Waals surface area contributed by atoms with Crippen molar-refractivity contribution in [2.75, 3.05) is 31.1 Å². The van der Waals surface area contributed by atoms with Gasteiger partial charge in [-0.15, -0.1) is 0 Å². The summed E-state index contributed by atoms with van der Waals surface area (Å²) in [5, 5.41) is 8.68. The van der Waals surface area contributed by atoms with Crippen LogP contribution in [-0.4, -0.2) is 52.7 Å². The predicted molar refractivity (Wildman–Crippen MR) is 76.8 cm³/mol. The molecule has 0 bridgehead atoms. The van der Waals surface area contributed by atoms with Crippen molar-refractivity contribution in [1.82, 2.24) is 14.9 Å². The van der Waals surface area contributed by atoms with Crippen LogP contribution in [0.5, 0.6) is 0 Å². The minimum absolute atomic E-state index is 0.158. The molecule has 1 aromatic heterocycles. The molecule has 2 heterocycles. The second kappa shape index (κ2) is 5.95. The summed E-state index contributed by atoms with van der Waals surface area (Å²) in [5.41, 5.74) is 0.382. The standard InChI is InChI=1S/C14H19N5O2/c1-14(2,3)21-13(20)19-6-4-18(5-7-19)11-9-16-12(8-15)17-10-11/h9-10H,4-7H2,1-3H3. The third kappa shape index (κ3) is 4.05. The first-order chi connectivity index (χ1) is 9.89. The number of piperazine rings is 1. The van der Waals surface area contributed by atoms with Gasteiger partial charge in [0.1, 0.15) is 11.7 Å². The number of hydrogen-bond acceptors (Lipinski definition) is 6. The molecule has 1 amide bonds. The highest BCUT2D eigenvalue weighted by atomic mass is 16.6. The van der Waals surface area contributed by atoms with Gasteiger partial charge in [-0.1, -0.05) is 0 Å². The lowest BCUT2D eigenvalue weighted by Gasteiger charge is -2.36. The molecule has 0 spiro atoms. The van der Waals surface area contributed by atoms with E-state index in [1.807, 2.05) is 26.8 Å². The summed E-state index contributed by atoms with van der Waals surface area (Å²) in [7, 11) is 0. The molecule has 1 aromatic rings. The van der Waals surface area contributed by atoms with Gasteiger partial charge < -0.3 is 14.5 Å². The minimum Gasteiger partial charge on any atom is -0.444 e. The Hall–Kier alpha value is -2.36. The van der Waals surface area contributed by atoms with Crippen LogP contribution in [-0.2, 0) is 4.74 Å². The Balaban J connectivity index is 1.91. The monoisotopic (exact) mass is 289 g/mol. The lowest BCUT2D eigenvalue weighted by molar-refractivity contribution is 0.0240.